The first kappa shape index (κ1) is 13.2. The van der Waals surface area contributed by atoms with E-state index in [2.05, 4.69) is 6.92 Å². The van der Waals surface area contributed by atoms with Crippen molar-refractivity contribution in [3.8, 4) is 0 Å². The van der Waals surface area contributed by atoms with Gasteiger partial charge in [-0.2, -0.15) is 0 Å². The largest absolute Gasteiger partial charge is 0.276 e. The minimum atomic E-state index is -0.394. The zero-order chi connectivity index (χ0) is 12.6. The van der Waals surface area contributed by atoms with Crippen molar-refractivity contribution in [2.24, 2.45) is 5.41 Å². The van der Waals surface area contributed by atoms with Gasteiger partial charge in [0.05, 0.1) is 0 Å². The highest BCUT2D eigenvalue weighted by Gasteiger charge is 2.53. The van der Waals surface area contributed by atoms with Gasteiger partial charge in [0.15, 0.2) is 0 Å². The average molecular weight is 225 g/mol. The Kier molecular flexibility index (Phi) is 3.46. The molecule has 2 amide bonds. The lowest BCUT2D eigenvalue weighted by atomic mass is 9.82. The van der Waals surface area contributed by atoms with Gasteiger partial charge >= 0.3 is 0 Å². The van der Waals surface area contributed by atoms with Crippen LogP contribution in [0.3, 0.4) is 0 Å². The molecule has 0 radical (unpaired) electrons. The van der Waals surface area contributed by atoms with Crippen LogP contribution in [0.2, 0.25) is 0 Å². The number of amides is 2. The van der Waals surface area contributed by atoms with Gasteiger partial charge in [-0.25, -0.2) is 0 Å². The molecule has 1 fully saturated rings. The van der Waals surface area contributed by atoms with Crippen LogP contribution in [0.1, 0.15) is 60.3 Å². The maximum absolute atomic E-state index is 12.2. The van der Waals surface area contributed by atoms with Crippen molar-refractivity contribution in [3.63, 3.8) is 0 Å². The summed E-state index contributed by atoms with van der Waals surface area (Å²) in [7, 11) is 0. The number of carbonyl (C=O) groups is 2. The quantitative estimate of drug-likeness (QED) is 0.740. The molecular formula is C13H23NO2. The SMILES string of the molecule is CCC[C@]1(C)CC(C)(C)C(=O)N1C(=O)CC. The van der Waals surface area contributed by atoms with Gasteiger partial charge in [0.2, 0.25) is 11.8 Å². The first-order chi connectivity index (χ1) is 7.28. The topological polar surface area (TPSA) is 37.4 Å². The Morgan fingerprint density at radius 3 is 2.31 bits per heavy atom. The molecule has 0 spiro atoms. The number of nitrogens with zero attached hydrogens (tertiary/aromatic N) is 1. The first-order valence-electron chi connectivity index (χ1n) is 6.16. The molecule has 0 aromatic heterocycles. The second-order valence-corrected chi connectivity index (χ2v) is 5.70. The smallest absolute Gasteiger partial charge is 0.235 e. The lowest BCUT2D eigenvalue weighted by molar-refractivity contribution is -0.149. The molecule has 1 heterocycles. The first-order valence-corrected chi connectivity index (χ1v) is 6.16. The van der Waals surface area contributed by atoms with Gasteiger partial charge in [-0.3, -0.25) is 14.5 Å². The number of hydrogen-bond acceptors (Lipinski definition) is 2. The van der Waals surface area contributed by atoms with Crippen LogP contribution in [0.25, 0.3) is 0 Å². The van der Waals surface area contributed by atoms with Gasteiger partial charge in [-0.1, -0.05) is 34.1 Å². The van der Waals surface area contributed by atoms with Crippen molar-refractivity contribution in [2.75, 3.05) is 0 Å². The van der Waals surface area contributed by atoms with Crippen molar-refractivity contribution in [2.45, 2.75) is 65.8 Å². The molecule has 1 atom stereocenters. The summed E-state index contributed by atoms with van der Waals surface area (Å²) in [6.07, 6.45) is 3.07. The number of hydrogen-bond donors (Lipinski definition) is 0. The molecular weight excluding hydrogens is 202 g/mol. The van der Waals surface area contributed by atoms with Crippen LogP contribution in [-0.2, 0) is 9.59 Å². The molecule has 0 aliphatic carbocycles. The minimum absolute atomic E-state index is 0.00435. The van der Waals surface area contributed by atoms with E-state index in [1.165, 1.54) is 4.90 Å². The predicted octanol–water partition coefficient (Wildman–Crippen LogP) is 2.74. The van der Waals surface area contributed by atoms with Crippen LogP contribution in [0, 0.1) is 5.41 Å². The van der Waals surface area contributed by atoms with Gasteiger partial charge in [0.25, 0.3) is 0 Å². The molecule has 1 rings (SSSR count). The second kappa shape index (κ2) is 4.19. The fourth-order valence-corrected chi connectivity index (χ4v) is 2.97. The lowest BCUT2D eigenvalue weighted by Crippen LogP contribution is -2.47. The molecule has 0 saturated carbocycles. The molecule has 1 saturated heterocycles. The van der Waals surface area contributed by atoms with Crippen LogP contribution in [-0.4, -0.2) is 22.3 Å². The van der Waals surface area contributed by atoms with E-state index in [0.29, 0.717) is 6.42 Å². The molecule has 92 valence electrons. The Morgan fingerprint density at radius 2 is 1.88 bits per heavy atom. The van der Waals surface area contributed by atoms with Crippen LogP contribution in [0.15, 0.2) is 0 Å². The number of rotatable bonds is 3. The fraction of sp³-hybridized carbons (Fsp3) is 0.846. The fourth-order valence-electron chi connectivity index (χ4n) is 2.97. The Morgan fingerprint density at radius 1 is 1.31 bits per heavy atom. The maximum Gasteiger partial charge on any atom is 0.235 e. The van der Waals surface area contributed by atoms with E-state index in [0.717, 1.165) is 19.3 Å². The van der Waals surface area contributed by atoms with Gasteiger partial charge in [-0.05, 0) is 19.8 Å². The summed E-state index contributed by atoms with van der Waals surface area (Å²) >= 11 is 0. The van der Waals surface area contributed by atoms with Crippen LogP contribution >= 0.6 is 0 Å². The van der Waals surface area contributed by atoms with Gasteiger partial charge in [-0.15, -0.1) is 0 Å². The average Bonchev–Trinajstić information content (AvgIpc) is 2.33. The van der Waals surface area contributed by atoms with Gasteiger partial charge < -0.3 is 0 Å². The monoisotopic (exact) mass is 225 g/mol. The molecule has 1 aliphatic rings. The van der Waals surface area contributed by atoms with Crippen molar-refractivity contribution < 1.29 is 9.59 Å². The van der Waals surface area contributed by atoms with Crippen molar-refractivity contribution in [1.82, 2.24) is 4.90 Å². The lowest BCUT2D eigenvalue weighted by Gasteiger charge is -2.33. The van der Waals surface area contributed by atoms with Crippen LogP contribution in [0.5, 0.6) is 0 Å². The summed E-state index contributed by atoms with van der Waals surface area (Å²) in [4.78, 5) is 25.7. The second-order valence-electron chi connectivity index (χ2n) is 5.70. The van der Waals surface area contributed by atoms with Crippen LogP contribution in [0.4, 0.5) is 0 Å². The highest BCUT2D eigenvalue weighted by atomic mass is 16.2. The Balaban J connectivity index is 3.08. The summed E-state index contributed by atoms with van der Waals surface area (Å²) < 4.78 is 0. The minimum Gasteiger partial charge on any atom is -0.276 e. The zero-order valence-corrected chi connectivity index (χ0v) is 11.1. The summed E-state index contributed by atoms with van der Waals surface area (Å²) in [6, 6.07) is 0. The standard InChI is InChI=1S/C13H23NO2/c1-6-8-13(5)9-12(3,4)11(16)14(13)10(15)7-2/h6-9H2,1-5H3/t13-/m1/s1. The van der Waals surface area contributed by atoms with Crippen molar-refractivity contribution in [3.05, 3.63) is 0 Å². The maximum atomic E-state index is 12.2. The third kappa shape index (κ3) is 2.00. The van der Waals surface area contributed by atoms with Crippen molar-refractivity contribution >= 4 is 11.8 Å². The zero-order valence-electron chi connectivity index (χ0n) is 11.1. The Bertz CT molecular complexity index is 309. The van der Waals surface area contributed by atoms with Crippen LogP contribution < -0.4 is 0 Å². The number of imide groups is 1. The molecule has 0 bridgehead atoms. The van der Waals surface area contributed by atoms with E-state index in [1.54, 1.807) is 0 Å². The molecule has 1 aliphatic heterocycles. The third-order valence-electron chi connectivity index (χ3n) is 3.49. The van der Waals surface area contributed by atoms with E-state index in [-0.39, 0.29) is 17.4 Å². The normalized spacial score (nSPS) is 28.6. The molecule has 0 aromatic rings. The van der Waals surface area contributed by atoms with Gasteiger partial charge in [0.1, 0.15) is 0 Å². The Labute approximate surface area is 98.2 Å². The summed E-state index contributed by atoms with van der Waals surface area (Å²) in [5.41, 5.74) is -0.669. The third-order valence-corrected chi connectivity index (χ3v) is 3.49. The molecule has 0 N–H and O–H groups in total. The van der Waals surface area contributed by atoms with Gasteiger partial charge in [0, 0.05) is 17.4 Å². The number of carbonyl (C=O) groups excluding carboxylic acids is 2. The summed E-state index contributed by atoms with van der Waals surface area (Å²) in [6.45, 7) is 9.82. The molecule has 3 heteroatoms. The highest BCUT2D eigenvalue weighted by molar-refractivity contribution is 6.00. The summed E-state index contributed by atoms with van der Waals surface area (Å²) in [5, 5.41) is 0. The molecule has 3 nitrogen and oxygen atoms in total. The highest BCUT2D eigenvalue weighted by Crippen LogP contribution is 2.44. The number of likely N-dealkylation sites (tertiary alicyclic amines) is 1. The predicted molar refractivity (Wildman–Crippen MR) is 63.9 cm³/mol. The Hall–Kier alpha value is -0.860. The molecule has 16 heavy (non-hydrogen) atoms. The van der Waals surface area contributed by atoms with E-state index in [1.807, 2.05) is 27.7 Å². The molecule has 0 aromatic carbocycles. The van der Waals surface area contributed by atoms with E-state index in [9.17, 15) is 9.59 Å². The van der Waals surface area contributed by atoms with Crippen molar-refractivity contribution in [1.29, 1.82) is 0 Å². The molecule has 0 unspecified atom stereocenters. The summed E-state index contributed by atoms with van der Waals surface area (Å²) in [5.74, 6) is -0.0400. The van der Waals surface area contributed by atoms with E-state index in [4.69, 9.17) is 0 Å². The van der Waals surface area contributed by atoms with E-state index >= 15 is 0 Å². The van der Waals surface area contributed by atoms with E-state index < -0.39 is 5.41 Å².